The highest BCUT2D eigenvalue weighted by Gasteiger charge is 2.37. The molecule has 114 valence electrons. The van der Waals surface area contributed by atoms with E-state index in [1.807, 2.05) is 17.9 Å². The van der Waals surface area contributed by atoms with Crippen LogP contribution in [-0.2, 0) is 13.6 Å². The van der Waals surface area contributed by atoms with Crippen molar-refractivity contribution >= 4 is 0 Å². The molecule has 0 aliphatic carbocycles. The van der Waals surface area contributed by atoms with Crippen molar-refractivity contribution in [1.82, 2.24) is 20.0 Å². The summed E-state index contributed by atoms with van der Waals surface area (Å²) in [6.07, 6.45) is 4.44. The van der Waals surface area contributed by atoms with Crippen LogP contribution in [0.2, 0.25) is 0 Å². The maximum Gasteiger partial charge on any atom is 0.0764 e. The van der Waals surface area contributed by atoms with Crippen LogP contribution in [-0.4, -0.2) is 39.4 Å². The van der Waals surface area contributed by atoms with Crippen LogP contribution in [0.25, 0.3) is 0 Å². The van der Waals surface area contributed by atoms with E-state index < -0.39 is 0 Å². The van der Waals surface area contributed by atoms with Gasteiger partial charge in [0.15, 0.2) is 0 Å². The average molecular weight is 278 g/mol. The van der Waals surface area contributed by atoms with Gasteiger partial charge in [-0.15, -0.1) is 0 Å². The number of hydrogen-bond donors (Lipinski definition) is 1. The van der Waals surface area contributed by atoms with Crippen LogP contribution in [0.15, 0.2) is 12.3 Å². The molecule has 0 radical (unpaired) electrons. The summed E-state index contributed by atoms with van der Waals surface area (Å²) in [7, 11) is 1.99. The summed E-state index contributed by atoms with van der Waals surface area (Å²) in [5.41, 5.74) is 1.42. The molecule has 4 heteroatoms. The molecule has 1 aliphatic rings. The first-order valence-corrected chi connectivity index (χ1v) is 7.95. The van der Waals surface area contributed by atoms with Gasteiger partial charge in [-0.1, -0.05) is 27.2 Å². The number of nitrogens with zero attached hydrogens (tertiary/aromatic N) is 3. The van der Waals surface area contributed by atoms with Gasteiger partial charge in [0, 0.05) is 44.5 Å². The summed E-state index contributed by atoms with van der Waals surface area (Å²) in [5.74, 6) is 0.725. The zero-order valence-electron chi connectivity index (χ0n) is 13.7. The molecule has 3 unspecified atom stereocenters. The van der Waals surface area contributed by atoms with Gasteiger partial charge in [0.25, 0.3) is 0 Å². The molecule has 2 rings (SSSR count). The first-order valence-electron chi connectivity index (χ1n) is 7.95. The van der Waals surface area contributed by atoms with Crippen molar-refractivity contribution in [3.8, 4) is 0 Å². The van der Waals surface area contributed by atoms with E-state index in [-0.39, 0.29) is 5.54 Å². The van der Waals surface area contributed by atoms with Crippen molar-refractivity contribution in [3.63, 3.8) is 0 Å². The molecule has 1 N–H and O–H groups in total. The Kier molecular flexibility index (Phi) is 4.86. The Balaban J connectivity index is 2.11. The van der Waals surface area contributed by atoms with Gasteiger partial charge in [-0.2, -0.15) is 5.10 Å². The number of hydrogen-bond acceptors (Lipinski definition) is 3. The quantitative estimate of drug-likeness (QED) is 0.898. The molecule has 0 saturated carbocycles. The fourth-order valence-electron chi connectivity index (χ4n) is 3.00. The van der Waals surface area contributed by atoms with Crippen molar-refractivity contribution < 1.29 is 0 Å². The summed E-state index contributed by atoms with van der Waals surface area (Å²) in [6, 6.07) is 2.74. The molecule has 1 saturated heterocycles. The first-order chi connectivity index (χ1) is 9.48. The molecule has 0 aromatic carbocycles. The molecule has 2 heterocycles. The van der Waals surface area contributed by atoms with Crippen molar-refractivity contribution in [3.05, 3.63) is 18.0 Å². The van der Waals surface area contributed by atoms with E-state index in [0.29, 0.717) is 6.04 Å². The highest BCUT2D eigenvalue weighted by atomic mass is 15.3. The predicted molar refractivity (Wildman–Crippen MR) is 83.6 cm³/mol. The van der Waals surface area contributed by atoms with E-state index in [2.05, 4.69) is 49.1 Å². The van der Waals surface area contributed by atoms with E-state index in [0.717, 1.165) is 25.6 Å². The lowest BCUT2D eigenvalue weighted by molar-refractivity contribution is 0.0283. The molecule has 0 bridgehead atoms. The highest BCUT2D eigenvalue weighted by molar-refractivity contribution is 5.03. The minimum atomic E-state index is 0.238. The van der Waals surface area contributed by atoms with Gasteiger partial charge in [-0.25, -0.2) is 0 Å². The number of nitrogens with one attached hydrogen (secondary N) is 1. The number of aryl methyl sites for hydroxylation is 1. The molecule has 1 fully saturated rings. The molecular formula is C16H30N4. The number of piperazine rings is 1. The Bertz CT molecular complexity index is 428. The largest absolute Gasteiger partial charge is 0.311 e. The number of rotatable bonds is 5. The topological polar surface area (TPSA) is 33.1 Å². The smallest absolute Gasteiger partial charge is 0.0764 e. The lowest BCUT2D eigenvalue weighted by Crippen LogP contribution is -2.63. The van der Waals surface area contributed by atoms with Crippen LogP contribution < -0.4 is 5.32 Å². The minimum absolute atomic E-state index is 0.238. The molecule has 1 aliphatic heterocycles. The van der Waals surface area contributed by atoms with Gasteiger partial charge >= 0.3 is 0 Å². The van der Waals surface area contributed by atoms with E-state index in [1.165, 1.54) is 18.5 Å². The van der Waals surface area contributed by atoms with E-state index in [9.17, 15) is 0 Å². The molecule has 20 heavy (non-hydrogen) atoms. The van der Waals surface area contributed by atoms with Crippen molar-refractivity contribution in [2.45, 2.75) is 58.7 Å². The summed E-state index contributed by atoms with van der Waals surface area (Å²) >= 11 is 0. The van der Waals surface area contributed by atoms with Gasteiger partial charge in [-0.3, -0.25) is 9.58 Å². The molecule has 1 aromatic heterocycles. The predicted octanol–water partition coefficient (Wildman–Crippen LogP) is 2.41. The first kappa shape index (κ1) is 15.5. The van der Waals surface area contributed by atoms with Crippen molar-refractivity contribution in [1.29, 1.82) is 0 Å². The van der Waals surface area contributed by atoms with Gasteiger partial charge in [-0.05, 0) is 25.3 Å². The fraction of sp³-hybridized carbons (Fsp3) is 0.812. The van der Waals surface area contributed by atoms with Crippen molar-refractivity contribution in [2.24, 2.45) is 13.0 Å². The summed E-state index contributed by atoms with van der Waals surface area (Å²) in [4.78, 5) is 2.63. The lowest BCUT2D eigenvalue weighted by Gasteiger charge is -2.49. The summed E-state index contributed by atoms with van der Waals surface area (Å²) in [5, 5.41) is 8.31. The third-order valence-electron chi connectivity index (χ3n) is 5.14. The zero-order chi connectivity index (χ0) is 14.8. The Morgan fingerprint density at radius 2 is 2.25 bits per heavy atom. The second kappa shape index (κ2) is 6.27. The Labute approximate surface area is 123 Å². The van der Waals surface area contributed by atoms with E-state index in [1.54, 1.807) is 0 Å². The van der Waals surface area contributed by atoms with Gasteiger partial charge in [0.2, 0.25) is 0 Å². The van der Waals surface area contributed by atoms with E-state index in [4.69, 9.17) is 0 Å². The standard InChI is InChI=1S/C16H30N4/c1-6-13(3)15-11-20(16(4,7-2)12-17-15)10-14-8-9-19(5)18-14/h8-9,13,15,17H,6-7,10-12H2,1-5H3. The van der Waals surface area contributed by atoms with Crippen LogP contribution in [0, 0.1) is 5.92 Å². The average Bonchev–Trinajstić information content (AvgIpc) is 2.86. The second-order valence-corrected chi connectivity index (χ2v) is 6.58. The molecule has 4 nitrogen and oxygen atoms in total. The Morgan fingerprint density at radius 1 is 1.50 bits per heavy atom. The highest BCUT2D eigenvalue weighted by Crippen LogP contribution is 2.27. The summed E-state index contributed by atoms with van der Waals surface area (Å²) in [6.45, 7) is 12.4. The summed E-state index contributed by atoms with van der Waals surface area (Å²) < 4.78 is 1.90. The minimum Gasteiger partial charge on any atom is -0.311 e. The monoisotopic (exact) mass is 278 g/mol. The number of aromatic nitrogens is 2. The normalized spacial score (nSPS) is 29.6. The van der Waals surface area contributed by atoms with E-state index >= 15 is 0 Å². The third kappa shape index (κ3) is 3.23. The second-order valence-electron chi connectivity index (χ2n) is 6.58. The molecule has 0 amide bonds. The van der Waals surface area contributed by atoms with Gasteiger partial charge in [0.1, 0.15) is 0 Å². The van der Waals surface area contributed by atoms with Crippen molar-refractivity contribution in [2.75, 3.05) is 13.1 Å². The maximum atomic E-state index is 4.55. The van der Waals surface area contributed by atoms with Gasteiger partial charge < -0.3 is 5.32 Å². The van der Waals surface area contributed by atoms with Gasteiger partial charge in [0.05, 0.1) is 5.69 Å². The maximum absolute atomic E-state index is 4.55. The molecular weight excluding hydrogens is 248 g/mol. The van der Waals surface area contributed by atoms with Crippen LogP contribution in [0.3, 0.4) is 0 Å². The molecule has 0 spiro atoms. The lowest BCUT2D eigenvalue weighted by atomic mass is 9.88. The third-order valence-corrected chi connectivity index (χ3v) is 5.14. The van der Waals surface area contributed by atoms with Crippen LogP contribution >= 0.6 is 0 Å². The zero-order valence-corrected chi connectivity index (χ0v) is 13.7. The van der Waals surface area contributed by atoms with Crippen LogP contribution in [0.5, 0.6) is 0 Å². The van der Waals surface area contributed by atoms with Crippen LogP contribution in [0.4, 0.5) is 0 Å². The SMILES string of the molecule is CCC(C)C1CN(Cc2ccn(C)n2)C(C)(CC)CN1. The Hall–Kier alpha value is -0.870. The Morgan fingerprint density at radius 3 is 2.80 bits per heavy atom. The van der Waals surface area contributed by atoms with Crippen LogP contribution in [0.1, 0.15) is 46.2 Å². The fourth-order valence-corrected chi connectivity index (χ4v) is 3.00. The molecule has 1 aromatic rings. The molecule has 3 atom stereocenters.